The number of fused-ring (bicyclic) bond motifs is 3. The minimum Gasteiger partial charge on any atom is -0.497 e. The molecule has 0 radical (unpaired) electrons. The molecule has 1 aliphatic rings. The van der Waals surface area contributed by atoms with Crippen molar-refractivity contribution >= 4 is 10.9 Å². The summed E-state index contributed by atoms with van der Waals surface area (Å²) >= 11 is 0. The molecule has 0 unspecified atom stereocenters. The van der Waals surface area contributed by atoms with E-state index >= 15 is 0 Å². The Morgan fingerprint density at radius 2 is 1.88 bits per heavy atom. The molecule has 2 heterocycles. The van der Waals surface area contributed by atoms with E-state index in [2.05, 4.69) is 40.2 Å². The number of para-hydroxylation sites is 1. The van der Waals surface area contributed by atoms with Gasteiger partial charge in [0.15, 0.2) is 0 Å². The van der Waals surface area contributed by atoms with Crippen molar-refractivity contribution in [3.63, 3.8) is 0 Å². The normalized spacial score (nSPS) is 14.2. The molecule has 24 heavy (non-hydrogen) atoms. The molecule has 0 saturated heterocycles. The highest BCUT2D eigenvalue weighted by atomic mass is 16.5. The Kier molecular flexibility index (Phi) is 3.90. The number of rotatable bonds is 3. The first-order valence-corrected chi connectivity index (χ1v) is 8.36. The lowest BCUT2D eigenvalue weighted by atomic mass is 10.0. The minimum atomic E-state index is 0.806. The summed E-state index contributed by atoms with van der Waals surface area (Å²) in [4.78, 5) is 0. The molecule has 2 aromatic carbocycles. The van der Waals surface area contributed by atoms with Crippen molar-refractivity contribution in [1.82, 2.24) is 9.88 Å². The second kappa shape index (κ2) is 6.21. The van der Waals surface area contributed by atoms with E-state index in [0.717, 1.165) is 43.1 Å². The summed E-state index contributed by atoms with van der Waals surface area (Å²) in [6.07, 6.45) is 1.06. The van der Waals surface area contributed by atoms with Crippen molar-refractivity contribution in [2.24, 2.45) is 0 Å². The molecular formula is C20H22N2O2. The van der Waals surface area contributed by atoms with E-state index in [0.29, 0.717) is 0 Å². The average Bonchev–Trinajstić information content (AvgIpc) is 2.82. The monoisotopic (exact) mass is 322 g/mol. The van der Waals surface area contributed by atoms with Gasteiger partial charge in [0.2, 0.25) is 0 Å². The van der Waals surface area contributed by atoms with E-state index < -0.39 is 0 Å². The molecule has 1 N–H and O–H groups in total. The largest absolute Gasteiger partial charge is 0.497 e. The molecule has 4 heteroatoms. The topological polar surface area (TPSA) is 35.4 Å². The SMILES string of the molecule is COc1ccc(-c2cccc3cc4n(c23)CCNCC4)c(OC)c1. The smallest absolute Gasteiger partial charge is 0.130 e. The summed E-state index contributed by atoms with van der Waals surface area (Å²) in [5.41, 5.74) is 5.00. The van der Waals surface area contributed by atoms with Crippen molar-refractivity contribution in [1.29, 1.82) is 0 Å². The van der Waals surface area contributed by atoms with E-state index in [1.807, 2.05) is 12.1 Å². The number of aromatic nitrogens is 1. The molecule has 0 bridgehead atoms. The maximum absolute atomic E-state index is 5.63. The maximum Gasteiger partial charge on any atom is 0.130 e. The molecule has 4 nitrogen and oxygen atoms in total. The van der Waals surface area contributed by atoms with Crippen molar-refractivity contribution in [3.8, 4) is 22.6 Å². The highest BCUT2D eigenvalue weighted by molar-refractivity contribution is 5.97. The predicted octanol–water partition coefficient (Wildman–Crippen LogP) is 3.47. The Bertz CT molecular complexity index is 883. The van der Waals surface area contributed by atoms with Crippen molar-refractivity contribution in [2.45, 2.75) is 13.0 Å². The first kappa shape index (κ1) is 15.1. The number of nitrogens with one attached hydrogen (secondary N) is 1. The number of nitrogens with zero attached hydrogens (tertiary/aromatic N) is 1. The van der Waals surface area contributed by atoms with Crippen LogP contribution in [0.15, 0.2) is 42.5 Å². The van der Waals surface area contributed by atoms with E-state index in [9.17, 15) is 0 Å². The van der Waals surface area contributed by atoms with Crippen LogP contribution in [0.3, 0.4) is 0 Å². The van der Waals surface area contributed by atoms with Gasteiger partial charge in [-0.3, -0.25) is 0 Å². The van der Waals surface area contributed by atoms with Gasteiger partial charge in [-0.1, -0.05) is 18.2 Å². The number of benzene rings is 2. The molecule has 0 atom stereocenters. The summed E-state index contributed by atoms with van der Waals surface area (Å²) in [7, 11) is 3.38. The molecule has 0 spiro atoms. The van der Waals surface area contributed by atoms with Crippen molar-refractivity contribution < 1.29 is 9.47 Å². The van der Waals surface area contributed by atoms with Crippen LogP contribution in [0.4, 0.5) is 0 Å². The van der Waals surface area contributed by atoms with E-state index in [4.69, 9.17) is 9.47 Å². The van der Waals surface area contributed by atoms with Crippen LogP contribution in [0.25, 0.3) is 22.0 Å². The summed E-state index contributed by atoms with van der Waals surface area (Å²) in [5.74, 6) is 1.64. The van der Waals surface area contributed by atoms with E-state index in [-0.39, 0.29) is 0 Å². The molecular weight excluding hydrogens is 300 g/mol. The quantitative estimate of drug-likeness (QED) is 0.802. The van der Waals surface area contributed by atoms with Crippen LogP contribution in [0.1, 0.15) is 5.69 Å². The third-order valence-corrected chi connectivity index (χ3v) is 4.77. The standard InChI is InChI=1S/C20H22N2O2/c1-23-16-6-7-17(19(13-16)24-2)18-5-3-4-14-12-15-8-9-21-10-11-22(15)20(14)18/h3-7,12-13,21H,8-11H2,1-2H3. The third kappa shape index (κ3) is 2.43. The second-order valence-electron chi connectivity index (χ2n) is 6.10. The molecule has 124 valence electrons. The summed E-state index contributed by atoms with van der Waals surface area (Å²) < 4.78 is 13.4. The molecule has 0 saturated carbocycles. The number of ether oxygens (including phenoxy) is 2. The van der Waals surface area contributed by atoms with Crippen LogP contribution in [-0.2, 0) is 13.0 Å². The Balaban J connectivity index is 1.96. The van der Waals surface area contributed by atoms with Gasteiger partial charge in [0.1, 0.15) is 11.5 Å². The number of methoxy groups -OCH3 is 2. The van der Waals surface area contributed by atoms with Gasteiger partial charge in [0.05, 0.1) is 19.7 Å². The molecule has 1 aromatic heterocycles. The van der Waals surface area contributed by atoms with Gasteiger partial charge >= 0.3 is 0 Å². The van der Waals surface area contributed by atoms with Gasteiger partial charge in [-0.05, 0) is 18.2 Å². The number of hydrogen-bond donors (Lipinski definition) is 1. The Morgan fingerprint density at radius 3 is 2.71 bits per heavy atom. The third-order valence-electron chi connectivity index (χ3n) is 4.77. The first-order valence-electron chi connectivity index (χ1n) is 8.36. The van der Waals surface area contributed by atoms with Crippen molar-refractivity contribution in [3.05, 3.63) is 48.2 Å². The number of hydrogen-bond acceptors (Lipinski definition) is 3. The van der Waals surface area contributed by atoms with Crippen LogP contribution < -0.4 is 14.8 Å². The fourth-order valence-electron chi connectivity index (χ4n) is 3.61. The summed E-state index contributed by atoms with van der Waals surface area (Å²) in [6.45, 7) is 3.04. The molecule has 0 fully saturated rings. The Morgan fingerprint density at radius 1 is 0.958 bits per heavy atom. The van der Waals surface area contributed by atoms with E-state index in [1.165, 1.54) is 22.2 Å². The van der Waals surface area contributed by atoms with Crippen LogP contribution in [0, 0.1) is 0 Å². The summed E-state index contributed by atoms with van der Waals surface area (Å²) in [6, 6.07) is 14.8. The fourth-order valence-corrected chi connectivity index (χ4v) is 3.61. The Hall–Kier alpha value is -2.46. The minimum absolute atomic E-state index is 0.806. The predicted molar refractivity (Wildman–Crippen MR) is 97.1 cm³/mol. The van der Waals surface area contributed by atoms with Crippen LogP contribution in [0.5, 0.6) is 11.5 Å². The summed E-state index contributed by atoms with van der Waals surface area (Å²) in [5, 5.41) is 4.77. The van der Waals surface area contributed by atoms with Gasteiger partial charge in [-0.15, -0.1) is 0 Å². The zero-order chi connectivity index (χ0) is 16.5. The second-order valence-corrected chi connectivity index (χ2v) is 6.10. The lowest BCUT2D eigenvalue weighted by Crippen LogP contribution is -2.17. The zero-order valence-electron chi connectivity index (χ0n) is 14.1. The average molecular weight is 322 g/mol. The highest BCUT2D eigenvalue weighted by Gasteiger charge is 2.17. The van der Waals surface area contributed by atoms with Crippen molar-refractivity contribution in [2.75, 3.05) is 27.3 Å². The first-order chi connectivity index (χ1) is 11.8. The molecule has 0 aliphatic carbocycles. The van der Waals surface area contributed by atoms with Crippen LogP contribution in [0.2, 0.25) is 0 Å². The molecule has 4 rings (SSSR count). The van der Waals surface area contributed by atoms with Gasteiger partial charge in [0, 0.05) is 54.3 Å². The van der Waals surface area contributed by atoms with Crippen LogP contribution >= 0.6 is 0 Å². The van der Waals surface area contributed by atoms with Crippen LogP contribution in [-0.4, -0.2) is 31.9 Å². The van der Waals surface area contributed by atoms with Gasteiger partial charge in [-0.2, -0.15) is 0 Å². The molecule has 1 aliphatic heterocycles. The highest BCUT2D eigenvalue weighted by Crippen LogP contribution is 2.38. The lowest BCUT2D eigenvalue weighted by Gasteiger charge is -2.14. The lowest BCUT2D eigenvalue weighted by molar-refractivity contribution is 0.395. The molecule has 0 amide bonds. The van der Waals surface area contributed by atoms with Gasteiger partial charge in [-0.25, -0.2) is 0 Å². The zero-order valence-corrected chi connectivity index (χ0v) is 14.1. The molecule has 3 aromatic rings. The van der Waals surface area contributed by atoms with Gasteiger partial charge < -0.3 is 19.4 Å². The fraction of sp³-hybridized carbons (Fsp3) is 0.300. The van der Waals surface area contributed by atoms with E-state index in [1.54, 1.807) is 14.2 Å². The maximum atomic E-state index is 5.63. The van der Waals surface area contributed by atoms with Gasteiger partial charge in [0.25, 0.3) is 0 Å². The Labute approximate surface area is 142 Å².